The summed E-state index contributed by atoms with van der Waals surface area (Å²) in [5.41, 5.74) is 1.10. The van der Waals surface area contributed by atoms with E-state index in [1.54, 1.807) is 0 Å². The summed E-state index contributed by atoms with van der Waals surface area (Å²) in [6.07, 6.45) is 10.6. The van der Waals surface area contributed by atoms with Crippen LogP contribution in [0.1, 0.15) is 13.3 Å². The lowest BCUT2D eigenvalue weighted by atomic mass is 10.1. The second-order valence-electron chi connectivity index (χ2n) is 3.06. The van der Waals surface area contributed by atoms with Crippen LogP contribution in [-0.4, -0.2) is 6.40 Å². The van der Waals surface area contributed by atoms with Crippen LogP contribution >= 0.6 is 0 Å². The molecule has 0 radical (unpaired) electrons. The van der Waals surface area contributed by atoms with Crippen LogP contribution in [0.5, 0.6) is 0 Å². The van der Waals surface area contributed by atoms with E-state index in [9.17, 15) is 0 Å². The Morgan fingerprint density at radius 2 is 2.50 bits per heavy atom. The summed E-state index contributed by atoms with van der Waals surface area (Å²) in [4.78, 5) is 4.14. The van der Waals surface area contributed by atoms with Crippen LogP contribution in [0, 0.1) is 5.92 Å². The molecule has 2 nitrogen and oxygen atoms in total. The van der Waals surface area contributed by atoms with Crippen molar-refractivity contribution in [3.63, 3.8) is 0 Å². The van der Waals surface area contributed by atoms with Crippen LogP contribution < -0.4 is 0 Å². The maximum absolute atomic E-state index is 5.20. The van der Waals surface area contributed by atoms with E-state index in [1.807, 2.05) is 12.2 Å². The Labute approximate surface area is 72.0 Å². The Morgan fingerprint density at radius 1 is 1.58 bits per heavy atom. The molecule has 1 atom stereocenters. The van der Waals surface area contributed by atoms with E-state index in [0.29, 0.717) is 5.92 Å². The molecule has 0 fully saturated rings. The highest BCUT2D eigenvalue weighted by molar-refractivity contribution is 5.54. The molecule has 2 bridgehead atoms. The lowest BCUT2D eigenvalue weighted by Crippen LogP contribution is -2.01. The van der Waals surface area contributed by atoms with E-state index in [4.69, 9.17) is 4.74 Å². The lowest BCUT2D eigenvalue weighted by Gasteiger charge is -2.14. The van der Waals surface area contributed by atoms with E-state index in [2.05, 4.69) is 24.1 Å². The summed E-state index contributed by atoms with van der Waals surface area (Å²) in [6, 6.07) is 0. The van der Waals surface area contributed by atoms with Crippen molar-refractivity contribution in [1.29, 1.82) is 0 Å². The molecule has 1 aliphatic carbocycles. The number of hydrogen-bond acceptors (Lipinski definition) is 2. The highest BCUT2D eigenvalue weighted by atomic mass is 16.5. The molecule has 0 spiro atoms. The molecule has 2 rings (SSSR count). The molecule has 0 aromatic carbocycles. The highest BCUT2D eigenvalue weighted by Gasteiger charge is 2.09. The predicted molar refractivity (Wildman–Crippen MR) is 48.7 cm³/mol. The normalized spacial score (nSPS) is 37.9. The number of fused-ring (bicyclic) bond motifs is 2. The molecule has 0 amide bonds. The molecule has 0 aromatic heterocycles. The summed E-state index contributed by atoms with van der Waals surface area (Å²) in [5, 5.41) is 0. The van der Waals surface area contributed by atoms with Crippen molar-refractivity contribution in [2.24, 2.45) is 10.9 Å². The summed E-state index contributed by atoms with van der Waals surface area (Å²) >= 11 is 0. The molecule has 12 heavy (non-hydrogen) atoms. The molecule has 0 N–H and O–H groups in total. The van der Waals surface area contributed by atoms with Crippen molar-refractivity contribution in [2.75, 3.05) is 0 Å². The standard InChI is InChI=1S/C10H11NO/c1-8-3-2-4-10-6-9(5-8)11-7-12-10/h2-5,7-8H,6H2,1H3/b3-2-,9-5+,10-4+. The first-order chi connectivity index (χ1) is 5.84. The molecule has 0 aromatic rings. The van der Waals surface area contributed by atoms with Gasteiger partial charge >= 0.3 is 0 Å². The van der Waals surface area contributed by atoms with E-state index >= 15 is 0 Å². The van der Waals surface area contributed by atoms with Crippen molar-refractivity contribution in [3.8, 4) is 0 Å². The third-order valence-corrected chi connectivity index (χ3v) is 1.93. The van der Waals surface area contributed by atoms with E-state index in [0.717, 1.165) is 17.9 Å². The van der Waals surface area contributed by atoms with E-state index in [-0.39, 0.29) is 0 Å². The maximum atomic E-state index is 5.20. The first-order valence-electron chi connectivity index (χ1n) is 4.12. The van der Waals surface area contributed by atoms with Gasteiger partial charge in [0.25, 0.3) is 0 Å². The third kappa shape index (κ3) is 1.47. The third-order valence-electron chi connectivity index (χ3n) is 1.93. The second kappa shape index (κ2) is 2.97. The Hall–Kier alpha value is -1.31. The summed E-state index contributed by atoms with van der Waals surface area (Å²) in [5.74, 6) is 1.44. The van der Waals surface area contributed by atoms with Crippen molar-refractivity contribution in [1.82, 2.24) is 0 Å². The Kier molecular flexibility index (Phi) is 1.82. The van der Waals surface area contributed by atoms with Gasteiger partial charge in [0.2, 0.25) is 0 Å². The molecule has 2 heteroatoms. The zero-order chi connectivity index (χ0) is 8.39. The van der Waals surface area contributed by atoms with Gasteiger partial charge in [0.15, 0.2) is 6.40 Å². The fourth-order valence-corrected chi connectivity index (χ4v) is 1.32. The van der Waals surface area contributed by atoms with Gasteiger partial charge in [0.05, 0.1) is 0 Å². The molecule has 0 saturated heterocycles. The largest absolute Gasteiger partial charge is 0.450 e. The van der Waals surface area contributed by atoms with Crippen LogP contribution in [0.4, 0.5) is 0 Å². The highest BCUT2D eigenvalue weighted by Crippen LogP contribution is 2.21. The quantitative estimate of drug-likeness (QED) is 0.534. The van der Waals surface area contributed by atoms with Crippen molar-refractivity contribution < 1.29 is 4.74 Å². The number of nitrogens with zero attached hydrogens (tertiary/aromatic N) is 1. The van der Waals surface area contributed by atoms with Gasteiger partial charge in [-0.2, -0.15) is 0 Å². The van der Waals surface area contributed by atoms with E-state index < -0.39 is 0 Å². The second-order valence-corrected chi connectivity index (χ2v) is 3.06. The number of aliphatic imine (C=N–C) groups is 1. The minimum absolute atomic E-state index is 0.466. The topological polar surface area (TPSA) is 21.6 Å². The number of ether oxygens (including phenoxy) is 1. The first-order valence-corrected chi connectivity index (χ1v) is 4.12. The van der Waals surface area contributed by atoms with Crippen LogP contribution in [0.25, 0.3) is 0 Å². The molecular weight excluding hydrogens is 150 g/mol. The maximum Gasteiger partial charge on any atom is 0.180 e. The number of rotatable bonds is 0. The average Bonchev–Trinajstić information content (AvgIpc) is 2.03. The van der Waals surface area contributed by atoms with Crippen LogP contribution in [0.3, 0.4) is 0 Å². The Balaban J connectivity index is 2.37. The molecule has 2 aliphatic rings. The van der Waals surface area contributed by atoms with Gasteiger partial charge in [-0.3, -0.25) is 0 Å². The molecule has 1 unspecified atom stereocenters. The van der Waals surface area contributed by atoms with Crippen molar-refractivity contribution in [3.05, 3.63) is 35.8 Å². The van der Waals surface area contributed by atoms with E-state index in [1.165, 1.54) is 6.40 Å². The summed E-state index contributed by atoms with van der Waals surface area (Å²) < 4.78 is 5.20. The predicted octanol–water partition coefficient (Wildman–Crippen LogP) is 2.41. The first kappa shape index (κ1) is 7.35. The monoisotopic (exact) mass is 161 g/mol. The van der Waals surface area contributed by atoms with Crippen molar-refractivity contribution in [2.45, 2.75) is 13.3 Å². The van der Waals surface area contributed by atoms with Crippen LogP contribution in [-0.2, 0) is 4.74 Å². The SMILES string of the molecule is CC1/C=C\C=C2/C/C(=C\1)N=CO2. The van der Waals surface area contributed by atoms with Gasteiger partial charge < -0.3 is 4.74 Å². The molecular formula is C10H11NO. The minimum atomic E-state index is 0.466. The zero-order valence-corrected chi connectivity index (χ0v) is 7.03. The summed E-state index contributed by atoms with van der Waals surface area (Å²) in [6.45, 7) is 2.15. The summed E-state index contributed by atoms with van der Waals surface area (Å²) in [7, 11) is 0. The average molecular weight is 161 g/mol. The fourth-order valence-electron chi connectivity index (χ4n) is 1.32. The lowest BCUT2D eigenvalue weighted by molar-refractivity contribution is 0.405. The van der Waals surface area contributed by atoms with Gasteiger partial charge in [-0.25, -0.2) is 4.99 Å². The molecule has 62 valence electrons. The van der Waals surface area contributed by atoms with Gasteiger partial charge in [-0.05, 0) is 12.0 Å². The molecule has 0 saturated carbocycles. The van der Waals surface area contributed by atoms with Gasteiger partial charge in [-0.1, -0.05) is 25.2 Å². The Morgan fingerprint density at radius 3 is 3.42 bits per heavy atom. The van der Waals surface area contributed by atoms with Gasteiger partial charge in [0.1, 0.15) is 5.76 Å². The zero-order valence-electron chi connectivity index (χ0n) is 7.03. The Bertz CT molecular complexity index is 297. The van der Waals surface area contributed by atoms with Gasteiger partial charge in [-0.15, -0.1) is 0 Å². The number of hydrogen-bond donors (Lipinski definition) is 0. The fraction of sp³-hybridized carbons (Fsp3) is 0.300. The minimum Gasteiger partial charge on any atom is -0.450 e. The van der Waals surface area contributed by atoms with Crippen LogP contribution in [0.2, 0.25) is 0 Å². The number of allylic oxidation sites excluding steroid dienone is 4. The van der Waals surface area contributed by atoms with Gasteiger partial charge in [0, 0.05) is 12.1 Å². The molecule has 1 heterocycles. The van der Waals surface area contributed by atoms with Crippen molar-refractivity contribution >= 4 is 6.40 Å². The molecule has 1 aliphatic heterocycles. The van der Waals surface area contributed by atoms with Crippen LogP contribution in [0.15, 0.2) is 40.8 Å². The smallest absolute Gasteiger partial charge is 0.180 e.